The molecule has 1 heterocycles. The summed E-state index contributed by atoms with van der Waals surface area (Å²) in [4.78, 5) is 4.21. The van der Waals surface area contributed by atoms with Crippen molar-refractivity contribution in [3.05, 3.63) is 39.8 Å². The molecule has 3 nitrogen and oxygen atoms in total. The second kappa shape index (κ2) is 4.53. The molecule has 1 aromatic heterocycles. The molecule has 0 saturated carbocycles. The molecule has 0 saturated heterocycles. The Bertz CT molecular complexity index is 480. The van der Waals surface area contributed by atoms with Gasteiger partial charge in [0.2, 0.25) is 0 Å². The highest BCUT2D eigenvalue weighted by atomic mass is 32.1. The molecule has 0 amide bonds. The summed E-state index contributed by atoms with van der Waals surface area (Å²) in [5.74, 6) is 0.344. The third kappa shape index (κ3) is 2.33. The van der Waals surface area contributed by atoms with Gasteiger partial charge in [-0.3, -0.25) is 0 Å². The average Bonchev–Trinajstić information content (AvgIpc) is 2.74. The van der Waals surface area contributed by atoms with E-state index in [1.54, 1.807) is 17.4 Å². The lowest BCUT2D eigenvalue weighted by atomic mass is 10.1. The summed E-state index contributed by atoms with van der Waals surface area (Å²) in [7, 11) is 0. The van der Waals surface area contributed by atoms with Crippen LogP contribution >= 0.6 is 11.3 Å². The zero-order valence-corrected chi connectivity index (χ0v) is 10.1. The summed E-state index contributed by atoms with van der Waals surface area (Å²) in [6.07, 6.45) is 0. The number of thiazole rings is 1. The summed E-state index contributed by atoms with van der Waals surface area (Å²) in [5, 5.41) is 14.9. The van der Waals surface area contributed by atoms with Crippen molar-refractivity contribution in [1.82, 2.24) is 4.98 Å². The summed E-state index contributed by atoms with van der Waals surface area (Å²) >= 11 is 1.59. The predicted octanol–water partition coefficient (Wildman–Crippen LogP) is 3.08. The minimum Gasteiger partial charge on any atom is -0.508 e. The fraction of sp³-hybridized carbons (Fsp3) is 0.250. The minimum atomic E-state index is 0.344. The Morgan fingerprint density at radius 3 is 2.81 bits per heavy atom. The van der Waals surface area contributed by atoms with Crippen LogP contribution in [0.2, 0.25) is 0 Å². The van der Waals surface area contributed by atoms with Crippen LogP contribution in [0.15, 0.2) is 23.0 Å². The molecule has 16 heavy (non-hydrogen) atoms. The lowest BCUT2D eigenvalue weighted by molar-refractivity contribution is 0.471. The van der Waals surface area contributed by atoms with Crippen molar-refractivity contribution >= 4 is 17.0 Å². The van der Waals surface area contributed by atoms with Gasteiger partial charge in [0.15, 0.2) is 0 Å². The van der Waals surface area contributed by atoms with Crippen molar-refractivity contribution in [3.63, 3.8) is 0 Å². The van der Waals surface area contributed by atoms with E-state index in [9.17, 15) is 5.11 Å². The number of hydrogen-bond donors (Lipinski definition) is 2. The van der Waals surface area contributed by atoms with Crippen LogP contribution in [0, 0.1) is 13.8 Å². The first-order chi connectivity index (χ1) is 7.66. The number of rotatable bonds is 3. The average molecular weight is 234 g/mol. The van der Waals surface area contributed by atoms with Gasteiger partial charge in [-0.1, -0.05) is 0 Å². The predicted molar refractivity (Wildman–Crippen MR) is 67.0 cm³/mol. The Morgan fingerprint density at radius 2 is 2.12 bits per heavy atom. The first-order valence-corrected chi connectivity index (χ1v) is 6.02. The van der Waals surface area contributed by atoms with Crippen LogP contribution in [0.4, 0.5) is 5.69 Å². The van der Waals surface area contributed by atoms with E-state index in [0.717, 1.165) is 22.5 Å². The van der Waals surface area contributed by atoms with Crippen molar-refractivity contribution < 1.29 is 5.11 Å². The third-order valence-electron chi connectivity index (χ3n) is 2.49. The molecule has 1 aromatic carbocycles. The number of aromatic nitrogens is 1. The van der Waals surface area contributed by atoms with Crippen LogP contribution in [-0.4, -0.2) is 10.1 Å². The Hall–Kier alpha value is -1.55. The van der Waals surface area contributed by atoms with Gasteiger partial charge in [-0.2, -0.15) is 0 Å². The lowest BCUT2D eigenvalue weighted by Crippen LogP contribution is -2.01. The number of anilines is 1. The molecule has 2 N–H and O–H groups in total. The number of phenols is 1. The Balaban J connectivity index is 2.12. The van der Waals surface area contributed by atoms with Crippen LogP contribution in [0.25, 0.3) is 0 Å². The maximum Gasteiger partial charge on any atom is 0.118 e. The molecular formula is C12H14N2OS. The number of benzene rings is 1. The number of aromatic hydroxyl groups is 1. The number of nitrogens with zero attached hydrogens (tertiary/aromatic N) is 1. The van der Waals surface area contributed by atoms with Crippen LogP contribution in [-0.2, 0) is 6.54 Å². The van der Waals surface area contributed by atoms with Crippen molar-refractivity contribution in [2.24, 2.45) is 0 Å². The molecule has 0 spiro atoms. The van der Waals surface area contributed by atoms with Crippen molar-refractivity contribution in [1.29, 1.82) is 0 Å². The molecule has 0 aliphatic heterocycles. The molecular weight excluding hydrogens is 220 g/mol. The Morgan fingerprint density at radius 1 is 1.31 bits per heavy atom. The van der Waals surface area contributed by atoms with E-state index in [1.807, 2.05) is 30.8 Å². The van der Waals surface area contributed by atoms with Crippen molar-refractivity contribution in [2.45, 2.75) is 20.4 Å². The standard InChI is InChI=1S/C12H14N2OS/c1-8-4-12(15)9(2)3-11(8)13-5-10-6-16-7-14-10/h3-4,6-7,13,15H,5H2,1-2H3. The van der Waals surface area contributed by atoms with Gasteiger partial charge in [0.05, 0.1) is 17.7 Å². The van der Waals surface area contributed by atoms with Gasteiger partial charge in [-0.15, -0.1) is 11.3 Å². The van der Waals surface area contributed by atoms with Crippen molar-refractivity contribution in [3.8, 4) is 5.75 Å². The molecule has 0 aliphatic rings. The van der Waals surface area contributed by atoms with Crippen molar-refractivity contribution in [2.75, 3.05) is 5.32 Å². The van der Waals surface area contributed by atoms with E-state index >= 15 is 0 Å². The Labute approximate surface area is 98.8 Å². The SMILES string of the molecule is Cc1cc(NCc2cscn2)c(C)cc1O. The van der Waals surface area contributed by atoms with Crippen LogP contribution < -0.4 is 5.32 Å². The summed E-state index contributed by atoms with van der Waals surface area (Å²) in [5.41, 5.74) is 5.83. The Kier molecular flexibility index (Phi) is 3.10. The van der Waals surface area contributed by atoms with E-state index in [2.05, 4.69) is 10.3 Å². The highest BCUT2D eigenvalue weighted by Crippen LogP contribution is 2.25. The molecule has 84 valence electrons. The molecule has 0 atom stereocenters. The second-order valence-corrected chi connectivity index (χ2v) is 4.51. The fourth-order valence-electron chi connectivity index (χ4n) is 1.50. The molecule has 0 fully saturated rings. The first-order valence-electron chi connectivity index (χ1n) is 5.08. The largest absolute Gasteiger partial charge is 0.508 e. The number of phenolic OH excluding ortho intramolecular Hbond substituents is 1. The van der Waals surface area contributed by atoms with Gasteiger partial charge in [-0.25, -0.2) is 4.98 Å². The van der Waals surface area contributed by atoms with Gasteiger partial charge in [-0.05, 0) is 37.1 Å². The first kappa shape index (κ1) is 11.0. The fourth-order valence-corrected chi connectivity index (χ4v) is 2.06. The molecule has 2 aromatic rings. The monoisotopic (exact) mass is 234 g/mol. The lowest BCUT2D eigenvalue weighted by Gasteiger charge is -2.10. The van der Waals surface area contributed by atoms with E-state index in [1.165, 1.54) is 0 Å². The normalized spacial score (nSPS) is 10.4. The smallest absolute Gasteiger partial charge is 0.118 e. The molecule has 2 rings (SSSR count). The number of aryl methyl sites for hydroxylation is 2. The maximum atomic E-state index is 9.54. The highest BCUT2D eigenvalue weighted by Gasteiger charge is 2.03. The summed E-state index contributed by atoms with van der Waals surface area (Å²) in [6.45, 7) is 4.58. The molecule has 0 unspecified atom stereocenters. The molecule has 0 bridgehead atoms. The van der Waals surface area contributed by atoms with E-state index < -0.39 is 0 Å². The van der Waals surface area contributed by atoms with E-state index in [4.69, 9.17) is 0 Å². The summed E-state index contributed by atoms with van der Waals surface area (Å²) in [6, 6.07) is 3.73. The summed E-state index contributed by atoms with van der Waals surface area (Å²) < 4.78 is 0. The van der Waals surface area contributed by atoms with Gasteiger partial charge in [0.25, 0.3) is 0 Å². The third-order valence-corrected chi connectivity index (χ3v) is 3.12. The minimum absolute atomic E-state index is 0.344. The zero-order valence-electron chi connectivity index (χ0n) is 9.32. The highest BCUT2D eigenvalue weighted by molar-refractivity contribution is 7.07. The van der Waals surface area contributed by atoms with E-state index in [-0.39, 0.29) is 0 Å². The topological polar surface area (TPSA) is 45.2 Å². The van der Waals surface area contributed by atoms with Gasteiger partial charge in [0.1, 0.15) is 5.75 Å². The molecule has 0 radical (unpaired) electrons. The quantitative estimate of drug-likeness (QED) is 0.802. The van der Waals surface area contributed by atoms with Gasteiger partial charge >= 0.3 is 0 Å². The second-order valence-electron chi connectivity index (χ2n) is 3.79. The van der Waals surface area contributed by atoms with Crippen LogP contribution in [0.1, 0.15) is 16.8 Å². The molecule has 0 aliphatic carbocycles. The maximum absolute atomic E-state index is 9.54. The van der Waals surface area contributed by atoms with Crippen LogP contribution in [0.5, 0.6) is 5.75 Å². The van der Waals surface area contributed by atoms with Gasteiger partial charge < -0.3 is 10.4 Å². The van der Waals surface area contributed by atoms with Crippen LogP contribution in [0.3, 0.4) is 0 Å². The number of nitrogens with one attached hydrogen (secondary N) is 1. The number of hydrogen-bond acceptors (Lipinski definition) is 4. The van der Waals surface area contributed by atoms with Gasteiger partial charge in [0, 0.05) is 11.1 Å². The zero-order chi connectivity index (χ0) is 11.5. The molecule has 4 heteroatoms. The van der Waals surface area contributed by atoms with E-state index in [0.29, 0.717) is 12.3 Å².